The summed E-state index contributed by atoms with van der Waals surface area (Å²) in [5.74, 6) is 0. The number of hydrogen-bond acceptors (Lipinski definition) is 4. The van der Waals surface area contributed by atoms with Gasteiger partial charge in [0.2, 0.25) is 0 Å². The molecule has 0 aliphatic heterocycles. The third-order valence-corrected chi connectivity index (χ3v) is 2.67. The SMILES string of the molecule is CC(C)(CN)CNCCCCNCCCN. The molecule has 4 nitrogen and oxygen atoms in total. The topological polar surface area (TPSA) is 76.1 Å². The normalized spacial score (nSPS) is 12.0. The Morgan fingerprint density at radius 3 is 2.00 bits per heavy atom. The minimum atomic E-state index is 0.222. The lowest BCUT2D eigenvalue weighted by Gasteiger charge is -2.22. The van der Waals surface area contributed by atoms with Crippen molar-refractivity contribution in [2.24, 2.45) is 16.9 Å². The molecule has 16 heavy (non-hydrogen) atoms. The first-order chi connectivity index (χ1) is 7.62. The summed E-state index contributed by atoms with van der Waals surface area (Å²) in [5.41, 5.74) is 11.3. The molecule has 0 atom stereocenters. The molecule has 0 aromatic rings. The Labute approximate surface area is 101 Å². The molecular formula is C12H30N4. The van der Waals surface area contributed by atoms with Crippen LogP contribution in [-0.2, 0) is 0 Å². The van der Waals surface area contributed by atoms with Crippen LogP contribution in [0, 0.1) is 5.41 Å². The minimum Gasteiger partial charge on any atom is -0.330 e. The summed E-state index contributed by atoms with van der Waals surface area (Å²) in [6.07, 6.45) is 3.51. The maximum absolute atomic E-state index is 5.66. The largest absolute Gasteiger partial charge is 0.330 e. The molecular weight excluding hydrogens is 200 g/mol. The van der Waals surface area contributed by atoms with Gasteiger partial charge in [0.05, 0.1) is 0 Å². The first kappa shape index (κ1) is 15.8. The molecule has 0 amide bonds. The van der Waals surface area contributed by atoms with Crippen molar-refractivity contribution in [2.45, 2.75) is 33.1 Å². The summed E-state index contributed by atoms with van der Waals surface area (Å²) >= 11 is 0. The van der Waals surface area contributed by atoms with E-state index in [9.17, 15) is 0 Å². The van der Waals surface area contributed by atoms with E-state index in [1.165, 1.54) is 12.8 Å². The van der Waals surface area contributed by atoms with Crippen LogP contribution in [0.2, 0.25) is 0 Å². The van der Waals surface area contributed by atoms with Gasteiger partial charge in [0.15, 0.2) is 0 Å². The van der Waals surface area contributed by atoms with E-state index in [-0.39, 0.29) is 5.41 Å². The van der Waals surface area contributed by atoms with E-state index >= 15 is 0 Å². The maximum Gasteiger partial charge on any atom is 0.00146 e. The highest BCUT2D eigenvalue weighted by Gasteiger charge is 2.13. The lowest BCUT2D eigenvalue weighted by Crippen LogP contribution is -2.36. The van der Waals surface area contributed by atoms with Crippen LogP contribution in [0.15, 0.2) is 0 Å². The van der Waals surface area contributed by atoms with E-state index in [1.54, 1.807) is 0 Å². The van der Waals surface area contributed by atoms with Gasteiger partial charge in [0.1, 0.15) is 0 Å². The summed E-state index contributed by atoms with van der Waals surface area (Å²) in [6, 6.07) is 0. The maximum atomic E-state index is 5.66. The quantitative estimate of drug-likeness (QED) is 0.385. The van der Waals surface area contributed by atoms with Crippen LogP contribution in [0.3, 0.4) is 0 Å². The Kier molecular flexibility index (Phi) is 9.92. The zero-order chi connectivity index (χ0) is 12.3. The molecule has 98 valence electrons. The van der Waals surface area contributed by atoms with Crippen molar-refractivity contribution in [3.05, 3.63) is 0 Å². The molecule has 0 fully saturated rings. The minimum absolute atomic E-state index is 0.222. The van der Waals surface area contributed by atoms with Crippen molar-refractivity contribution in [1.29, 1.82) is 0 Å². The van der Waals surface area contributed by atoms with Crippen LogP contribution >= 0.6 is 0 Å². The predicted octanol–water partition coefficient (Wildman–Crippen LogP) is 0.280. The molecule has 0 saturated carbocycles. The summed E-state index contributed by atoms with van der Waals surface area (Å²) in [5, 5.41) is 6.83. The van der Waals surface area contributed by atoms with Crippen molar-refractivity contribution in [3.63, 3.8) is 0 Å². The first-order valence-corrected chi connectivity index (χ1v) is 6.44. The van der Waals surface area contributed by atoms with Gasteiger partial charge in [-0.3, -0.25) is 0 Å². The van der Waals surface area contributed by atoms with Gasteiger partial charge in [-0.25, -0.2) is 0 Å². The van der Waals surface area contributed by atoms with Crippen molar-refractivity contribution in [3.8, 4) is 0 Å². The molecule has 0 saturated heterocycles. The highest BCUT2D eigenvalue weighted by molar-refractivity contribution is 4.71. The average molecular weight is 230 g/mol. The lowest BCUT2D eigenvalue weighted by molar-refractivity contribution is 0.350. The Hall–Kier alpha value is -0.160. The van der Waals surface area contributed by atoms with E-state index in [0.29, 0.717) is 0 Å². The highest BCUT2D eigenvalue weighted by atomic mass is 14.9. The number of hydrogen-bond donors (Lipinski definition) is 4. The van der Waals surface area contributed by atoms with Crippen molar-refractivity contribution < 1.29 is 0 Å². The van der Waals surface area contributed by atoms with Crippen molar-refractivity contribution in [2.75, 3.05) is 39.3 Å². The fourth-order valence-electron chi connectivity index (χ4n) is 1.35. The number of unbranched alkanes of at least 4 members (excludes halogenated alkanes) is 1. The molecule has 0 aliphatic carbocycles. The zero-order valence-corrected chi connectivity index (χ0v) is 11.0. The van der Waals surface area contributed by atoms with E-state index in [1.807, 2.05) is 0 Å². The molecule has 0 rings (SSSR count). The smallest absolute Gasteiger partial charge is 0.00146 e. The van der Waals surface area contributed by atoms with Gasteiger partial charge in [0.25, 0.3) is 0 Å². The van der Waals surface area contributed by atoms with E-state index in [4.69, 9.17) is 11.5 Å². The second kappa shape index (κ2) is 10.0. The van der Waals surface area contributed by atoms with Gasteiger partial charge in [0, 0.05) is 6.54 Å². The molecule has 0 aliphatic rings. The van der Waals surface area contributed by atoms with E-state index in [0.717, 1.165) is 45.7 Å². The summed E-state index contributed by atoms with van der Waals surface area (Å²) < 4.78 is 0. The van der Waals surface area contributed by atoms with Gasteiger partial charge >= 0.3 is 0 Å². The predicted molar refractivity (Wildman–Crippen MR) is 71.5 cm³/mol. The van der Waals surface area contributed by atoms with Crippen molar-refractivity contribution >= 4 is 0 Å². The molecule has 0 aromatic carbocycles. The standard InChI is InChI=1S/C12H30N4/c1-12(2,10-14)11-16-8-4-3-7-15-9-5-6-13/h15-16H,3-11,13-14H2,1-2H3. The third kappa shape index (κ3) is 10.4. The Balaban J connectivity index is 3.10. The molecule has 0 aromatic heterocycles. The fourth-order valence-corrected chi connectivity index (χ4v) is 1.35. The highest BCUT2D eigenvalue weighted by Crippen LogP contribution is 2.09. The molecule has 0 spiro atoms. The molecule has 4 heteroatoms. The van der Waals surface area contributed by atoms with Crippen LogP contribution in [-0.4, -0.2) is 39.3 Å². The second-order valence-corrected chi connectivity index (χ2v) is 5.14. The Morgan fingerprint density at radius 2 is 1.44 bits per heavy atom. The Bertz CT molecular complexity index is 148. The van der Waals surface area contributed by atoms with E-state index < -0.39 is 0 Å². The number of nitrogens with one attached hydrogen (secondary N) is 2. The zero-order valence-electron chi connectivity index (χ0n) is 11.0. The third-order valence-electron chi connectivity index (χ3n) is 2.67. The molecule has 0 bridgehead atoms. The average Bonchev–Trinajstić information content (AvgIpc) is 2.27. The summed E-state index contributed by atoms with van der Waals surface area (Å²) in [7, 11) is 0. The first-order valence-electron chi connectivity index (χ1n) is 6.44. The van der Waals surface area contributed by atoms with Gasteiger partial charge < -0.3 is 22.1 Å². The summed E-state index contributed by atoms with van der Waals surface area (Å²) in [6.45, 7) is 10.1. The second-order valence-electron chi connectivity index (χ2n) is 5.14. The van der Waals surface area contributed by atoms with Crippen LogP contribution < -0.4 is 22.1 Å². The van der Waals surface area contributed by atoms with E-state index in [2.05, 4.69) is 24.5 Å². The summed E-state index contributed by atoms with van der Waals surface area (Å²) in [4.78, 5) is 0. The molecule has 0 radical (unpaired) electrons. The molecule has 6 N–H and O–H groups in total. The number of nitrogens with two attached hydrogens (primary N) is 2. The van der Waals surface area contributed by atoms with Gasteiger partial charge in [-0.2, -0.15) is 0 Å². The van der Waals surface area contributed by atoms with Gasteiger partial charge in [-0.1, -0.05) is 13.8 Å². The van der Waals surface area contributed by atoms with Crippen LogP contribution in [0.25, 0.3) is 0 Å². The monoisotopic (exact) mass is 230 g/mol. The van der Waals surface area contributed by atoms with Gasteiger partial charge in [-0.15, -0.1) is 0 Å². The fraction of sp³-hybridized carbons (Fsp3) is 1.00. The molecule has 0 unspecified atom stereocenters. The van der Waals surface area contributed by atoms with Crippen molar-refractivity contribution in [1.82, 2.24) is 10.6 Å². The van der Waals surface area contributed by atoms with Crippen LogP contribution in [0.1, 0.15) is 33.1 Å². The van der Waals surface area contributed by atoms with Gasteiger partial charge in [-0.05, 0) is 57.4 Å². The molecule has 0 heterocycles. The van der Waals surface area contributed by atoms with Crippen LogP contribution in [0.5, 0.6) is 0 Å². The Morgan fingerprint density at radius 1 is 0.875 bits per heavy atom. The lowest BCUT2D eigenvalue weighted by atomic mass is 9.94. The number of rotatable bonds is 11. The van der Waals surface area contributed by atoms with Crippen LogP contribution in [0.4, 0.5) is 0 Å².